The molecule has 0 spiro atoms. The molecule has 4 nitrogen and oxygen atoms in total. The molecule has 2 aromatic rings. The molecule has 0 saturated carbocycles. The topological polar surface area (TPSA) is 49.0 Å². The molecule has 18 heavy (non-hydrogen) atoms. The number of carbonyl (C=O) groups excluding carboxylic acids is 1. The zero-order valence-electron chi connectivity index (χ0n) is 10.3. The maximum atomic E-state index is 12.1. The lowest BCUT2D eigenvalue weighted by Gasteiger charge is -2.16. The monoisotopic (exact) mass is 263 g/mol. The number of aryl methyl sites for hydroxylation is 1. The Balaban J connectivity index is 2.08. The number of benzene rings is 1. The lowest BCUT2D eigenvalue weighted by Crippen LogP contribution is -2.27. The summed E-state index contributed by atoms with van der Waals surface area (Å²) in [5.74, 6) is -0.0938. The summed E-state index contributed by atoms with van der Waals surface area (Å²) in [6, 6.07) is 7.44. The van der Waals surface area contributed by atoms with Crippen molar-refractivity contribution < 1.29 is 4.79 Å². The molecular formula is C13H14ClN3O. The van der Waals surface area contributed by atoms with E-state index in [1.807, 2.05) is 31.2 Å². The first-order valence-electron chi connectivity index (χ1n) is 5.58. The molecule has 1 aromatic carbocycles. The maximum Gasteiger partial charge on any atom is 0.274 e. The van der Waals surface area contributed by atoms with E-state index in [9.17, 15) is 4.79 Å². The van der Waals surface area contributed by atoms with Crippen molar-refractivity contribution in [2.75, 3.05) is 7.05 Å². The normalized spacial score (nSPS) is 10.4. The van der Waals surface area contributed by atoms with E-state index >= 15 is 0 Å². The highest BCUT2D eigenvalue weighted by Gasteiger charge is 2.16. The van der Waals surface area contributed by atoms with Crippen LogP contribution < -0.4 is 0 Å². The van der Waals surface area contributed by atoms with Crippen LogP contribution in [0.3, 0.4) is 0 Å². The zero-order valence-corrected chi connectivity index (χ0v) is 11.0. The third kappa shape index (κ3) is 2.71. The molecule has 0 bridgehead atoms. The van der Waals surface area contributed by atoms with Crippen LogP contribution >= 0.6 is 11.6 Å². The number of nitrogens with zero attached hydrogens (tertiary/aromatic N) is 2. The number of aromatic nitrogens is 2. The Morgan fingerprint density at radius 2 is 2.06 bits per heavy atom. The minimum atomic E-state index is -0.0938. The number of nitrogens with one attached hydrogen (secondary N) is 1. The highest BCUT2D eigenvalue weighted by atomic mass is 35.5. The van der Waals surface area contributed by atoms with Gasteiger partial charge in [-0.1, -0.05) is 23.7 Å². The predicted molar refractivity (Wildman–Crippen MR) is 70.6 cm³/mol. The molecule has 2 rings (SSSR count). The molecule has 1 N–H and O–H groups in total. The fraction of sp³-hybridized carbons (Fsp3) is 0.231. The molecule has 0 aliphatic rings. The summed E-state index contributed by atoms with van der Waals surface area (Å²) >= 11 is 5.82. The van der Waals surface area contributed by atoms with E-state index in [0.29, 0.717) is 17.3 Å². The van der Waals surface area contributed by atoms with Crippen molar-refractivity contribution in [2.24, 2.45) is 0 Å². The van der Waals surface area contributed by atoms with Crippen molar-refractivity contribution in [1.82, 2.24) is 14.9 Å². The summed E-state index contributed by atoms with van der Waals surface area (Å²) in [5, 5.41) is 0.691. The molecular weight excluding hydrogens is 250 g/mol. The van der Waals surface area contributed by atoms with Crippen LogP contribution in [0.1, 0.15) is 21.7 Å². The number of imidazole rings is 1. The van der Waals surface area contributed by atoms with E-state index in [2.05, 4.69) is 9.97 Å². The van der Waals surface area contributed by atoms with Gasteiger partial charge in [0.15, 0.2) is 0 Å². The van der Waals surface area contributed by atoms with Gasteiger partial charge in [-0.2, -0.15) is 0 Å². The highest BCUT2D eigenvalue weighted by Crippen LogP contribution is 2.12. The standard InChI is InChI=1S/C13H14ClN3O/c1-9-12(16-8-15-9)13(18)17(2)7-10-3-5-11(14)6-4-10/h3-6,8H,7H2,1-2H3,(H,15,16). The first-order chi connectivity index (χ1) is 8.58. The quantitative estimate of drug-likeness (QED) is 0.926. The molecule has 0 fully saturated rings. The summed E-state index contributed by atoms with van der Waals surface area (Å²) < 4.78 is 0. The molecule has 1 aromatic heterocycles. The van der Waals surface area contributed by atoms with Gasteiger partial charge < -0.3 is 9.88 Å². The Kier molecular flexibility index (Phi) is 3.67. The number of hydrogen-bond donors (Lipinski definition) is 1. The zero-order chi connectivity index (χ0) is 13.1. The summed E-state index contributed by atoms with van der Waals surface area (Å²) in [7, 11) is 1.76. The number of halogens is 1. The number of carbonyl (C=O) groups is 1. The summed E-state index contributed by atoms with van der Waals surface area (Å²) in [6.45, 7) is 2.36. The van der Waals surface area contributed by atoms with Crippen molar-refractivity contribution in [3.05, 3.63) is 52.6 Å². The van der Waals surface area contributed by atoms with Crippen LogP contribution in [0.4, 0.5) is 0 Å². The van der Waals surface area contributed by atoms with Crippen molar-refractivity contribution in [2.45, 2.75) is 13.5 Å². The molecule has 0 aliphatic carbocycles. The molecule has 0 atom stereocenters. The lowest BCUT2D eigenvalue weighted by molar-refractivity contribution is 0.0779. The van der Waals surface area contributed by atoms with E-state index in [4.69, 9.17) is 11.6 Å². The first kappa shape index (κ1) is 12.6. The van der Waals surface area contributed by atoms with Crippen LogP contribution in [-0.4, -0.2) is 27.8 Å². The molecule has 5 heteroatoms. The molecule has 1 heterocycles. The van der Waals surface area contributed by atoms with Crippen LogP contribution in [0.2, 0.25) is 5.02 Å². The van der Waals surface area contributed by atoms with Crippen LogP contribution in [0.5, 0.6) is 0 Å². The van der Waals surface area contributed by atoms with Gasteiger partial charge in [-0.05, 0) is 24.6 Å². The minimum absolute atomic E-state index is 0.0938. The van der Waals surface area contributed by atoms with Crippen LogP contribution in [0.15, 0.2) is 30.6 Å². The second-order valence-corrected chi connectivity index (χ2v) is 4.60. The number of hydrogen-bond acceptors (Lipinski definition) is 2. The number of amides is 1. The summed E-state index contributed by atoms with van der Waals surface area (Å²) in [5.41, 5.74) is 2.28. The molecule has 1 amide bonds. The third-order valence-corrected chi connectivity index (χ3v) is 2.96. The van der Waals surface area contributed by atoms with Gasteiger partial charge in [0.05, 0.1) is 6.33 Å². The van der Waals surface area contributed by atoms with Crippen LogP contribution in [0, 0.1) is 6.92 Å². The van der Waals surface area contributed by atoms with Crippen LogP contribution in [-0.2, 0) is 6.54 Å². The van der Waals surface area contributed by atoms with Crippen molar-refractivity contribution in [3.63, 3.8) is 0 Å². The van der Waals surface area contributed by atoms with Crippen molar-refractivity contribution in [1.29, 1.82) is 0 Å². The number of aromatic amines is 1. The molecule has 0 aliphatic heterocycles. The summed E-state index contributed by atoms with van der Waals surface area (Å²) in [4.78, 5) is 20.7. The predicted octanol–water partition coefficient (Wildman–Crippen LogP) is 2.64. The van der Waals surface area contributed by atoms with E-state index in [1.54, 1.807) is 11.9 Å². The summed E-state index contributed by atoms with van der Waals surface area (Å²) in [6.07, 6.45) is 1.53. The Morgan fingerprint density at radius 1 is 1.39 bits per heavy atom. The van der Waals surface area contributed by atoms with Gasteiger partial charge in [-0.3, -0.25) is 4.79 Å². The van der Waals surface area contributed by atoms with E-state index in [-0.39, 0.29) is 5.91 Å². The van der Waals surface area contributed by atoms with Gasteiger partial charge in [-0.25, -0.2) is 4.98 Å². The van der Waals surface area contributed by atoms with Gasteiger partial charge >= 0.3 is 0 Å². The largest absolute Gasteiger partial charge is 0.348 e. The second kappa shape index (κ2) is 5.23. The minimum Gasteiger partial charge on any atom is -0.348 e. The Hall–Kier alpha value is -1.81. The second-order valence-electron chi connectivity index (χ2n) is 4.16. The lowest BCUT2D eigenvalue weighted by atomic mass is 10.2. The number of H-pyrrole nitrogens is 1. The smallest absolute Gasteiger partial charge is 0.274 e. The average Bonchev–Trinajstić information content (AvgIpc) is 2.77. The molecule has 0 radical (unpaired) electrons. The van der Waals surface area contributed by atoms with Gasteiger partial charge in [0, 0.05) is 24.3 Å². The Bertz CT molecular complexity index is 548. The van der Waals surface area contributed by atoms with Crippen LogP contribution in [0.25, 0.3) is 0 Å². The third-order valence-electron chi connectivity index (χ3n) is 2.71. The fourth-order valence-corrected chi connectivity index (χ4v) is 1.82. The average molecular weight is 264 g/mol. The van der Waals surface area contributed by atoms with Crippen molar-refractivity contribution in [3.8, 4) is 0 Å². The molecule has 0 unspecified atom stereocenters. The van der Waals surface area contributed by atoms with E-state index in [1.165, 1.54) is 6.33 Å². The number of rotatable bonds is 3. The Labute approximate surface area is 111 Å². The first-order valence-corrected chi connectivity index (χ1v) is 5.95. The highest BCUT2D eigenvalue weighted by molar-refractivity contribution is 6.30. The SMILES string of the molecule is Cc1[nH]cnc1C(=O)N(C)Cc1ccc(Cl)cc1. The van der Waals surface area contributed by atoms with E-state index in [0.717, 1.165) is 11.3 Å². The Morgan fingerprint density at radius 3 is 2.61 bits per heavy atom. The van der Waals surface area contributed by atoms with E-state index < -0.39 is 0 Å². The van der Waals surface area contributed by atoms with Gasteiger partial charge in [0.1, 0.15) is 5.69 Å². The fourth-order valence-electron chi connectivity index (χ4n) is 1.69. The molecule has 0 saturated heterocycles. The van der Waals surface area contributed by atoms with Gasteiger partial charge in [-0.15, -0.1) is 0 Å². The maximum absolute atomic E-state index is 12.1. The molecule has 94 valence electrons. The van der Waals surface area contributed by atoms with Gasteiger partial charge in [0.25, 0.3) is 5.91 Å². The van der Waals surface area contributed by atoms with Crippen molar-refractivity contribution >= 4 is 17.5 Å². The van der Waals surface area contributed by atoms with Gasteiger partial charge in [0.2, 0.25) is 0 Å².